The second kappa shape index (κ2) is 9.96. The average Bonchev–Trinajstić information content (AvgIpc) is 2.87. The van der Waals surface area contributed by atoms with Gasteiger partial charge in [0.05, 0.1) is 0 Å². The Labute approximate surface area is 163 Å². The fourth-order valence-electron chi connectivity index (χ4n) is 3.07. The standard InChI is InChI=1S/C15H26N4O5S.CH2O2/c1-16(2)12-6-5-11(10-20)7-19(8-12)25(23,24)13-9-17(3)15(22)18(4)14(13)21;2-1-3/h9,11-12,20H,5-8,10H2,1-4H3;1H,(H,2,3)/t11-,12+;/m0./s1. The Kier molecular flexibility index (Phi) is 8.54. The zero-order valence-corrected chi connectivity index (χ0v) is 17.3. The van der Waals surface area contributed by atoms with E-state index in [2.05, 4.69) is 0 Å². The number of aryl methyl sites for hydroxylation is 1. The molecule has 1 aromatic rings. The maximum Gasteiger partial charge on any atom is 0.330 e. The van der Waals surface area contributed by atoms with Crippen molar-refractivity contribution in [2.45, 2.75) is 23.8 Å². The number of carbonyl (C=O) groups is 1. The molecule has 1 aliphatic rings. The molecule has 0 bridgehead atoms. The third-order valence-corrected chi connectivity index (χ3v) is 6.62. The Balaban J connectivity index is 0.00000122. The lowest BCUT2D eigenvalue weighted by molar-refractivity contribution is -0.122. The summed E-state index contributed by atoms with van der Waals surface area (Å²) in [7, 11) is 2.33. The highest BCUT2D eigenvalue weighted by molar-refractivity contribution is 7.89. The molecule has 0 unspecified atom stereocenters. The molecule has 2 N–H and O–H groups in total. The topological polar surface area (TPSA) is 142 Å². The molecule has 0 radical (unpaired) electrons. The van der Waals surface area contributed by atoms with E-state index in [9.17, 15) is 23.1 Å². The molecule has 11 nitrogen and oxygen atoms in total. The summed E-state index contributed by atoms with van der Waals surface area (Å²) in [6, 6.07) is -0.0114. The smallest absolute Gasteiger partial charge is 0.330 e. The van der Waals surface area contributed by atoms with Gasteiger partial charge in [0.1, 0.15) is 0 Å². The number of hydrogen-bond acceptors (Lipinski definition) is 7. The van der Waals surface area contributed by atoms with Gasteiger partial charge in [0.2, 0.25) is 10.0 Å². The van der Waals surface area contributed by atoms with Gasteiger partial charge >= 0.3 is 5.69 Å². The minimum absolute atomic E-state index is 0.0114. The highest BCUT2D eigenvalue weighted by atomic mass is 32.2. The van der Waals surface area contributed by atoms with Crippen molar-refractivity contribution in [2.75, 3.05) is 33.8 Å². The first-order chi connectivity index (χ1) is 13.0. The van der Waals surface area contributed by atoms with Crippen LogP contribution in [0.1, 0.15) is 12.8 Å². The van der Waals surface area contributed by atoms with Crippen LogP contribution in [0.5, 0.6) is 0 Å². The number of hydrogen-bond donors (Lipinski definition) is 2. The summed E-state index contributed by atoms with van der Waals surface area (Å²) in [6.45, 7) is 0.0183. The molecule has 1 fully saturated rings. The molecule has 160 valence electrons. The van der Waals surface area contributed by atoms with Gasteiger partial charge in [0.25, 0.3) is 12.0 Å². The summed E-state index contributed by atoms with van der Waals surface area (Å²) >= 11 is 0. The van der Waals surface area contributed by atoms with Gasteiger partial charge < -0.3 is 19.7 Å². The quantitative estimate of drug-likeness (QED) is 0.538. The van der Waals surface area contributed by atoms with Crippen LogP contribution in [0.4, 0.5) is 0 Å². The second-order valence-electron chi connectivity index (χ2n) is 6.92. The maximum absolute atomic E-state index is 13.1. The van der Waals surface area contributed by atoms with Gasteiger partial charge in [-0.15, -0.1) is 0 Å². The van der Waals surface area contributed by atoms with Crippen LogP contribution in [0, 0.1) is 5.92 Å². The van der Waals surface area contributed by atoms with Crippen molar-refractivity contribution in [1.29, 1.82) is 0 Å². The molecule has 2 rings (SSSR count). The van der Waals surface area contributed by atoms with Crippen molar-refractivity contribution in [3.63, 3.8) is 0 Å². The first-order valence-corrected chi connectivity index (χ1v) is 10.1. The Hall–Kier alpha value is -2.02. The van der Waals surface area contributed by atoms with E-state index in [1.807, 2.05) is 19.0 Å². The number of nitrogens with zero attached hydrogens (tertiary/aromatic N) is 4. The molecule has 0 amide bonds. The first-order valence-electron chi connectivity index (χ1n) is 8.63. The minimum atomic E-state index is -4.08. The van der Waals surface area contributed by atoms with E-state index in [0.717, 1.165) is 21.8 Å². The summed E-state index contributed by atoms with van der Waals surface area (Å²) in [4.78, 5) is 34.1. The molecule has 2 heterocycles. The van der Waals surface area contributed by atoms with Gasteiger partial charge in [0, 0.05) is 46.0 Å². The monoisotopic (exact) mass is 420 g/mol. The summed E-state index contributed by atoms with van der Waals surface area (Å²) in [5, 5.41) is 16.4. The van der Waals surface area contributed by atoms with Crippen molar-refractivity contribution < 1.29 is 23.4 Å². The number of aliphatic hydroxyl groups is 1. The van der Waals surface area contributed by atoms with E-state index in [-0.39, 0.29) is 38.1 Å². The highest BCUT2D eigenvalue weighted by Crippen LogP contribution is 2.23. The predicted octanol–water partition coefficient (Wildman–Crippen LogP) is -1.89. The molecule has 1 aliphatic heterocycles. The molecule has 0 aliphatic carbocycles. The van der Waals surface area contributed by atoms with Crippen molar-refractivity contribution in [2.24, 2.45) is 20.0 Å². The second-order valence-corrected chi connectivity index (χ2v) is 8.83. The van der Waals surface area contributed by atoms with Crippen LogP contribution < -0.4 is 11.2 Å². The minimum Gasteiger partial charge on any atom is -0.483 e. The number of sulfonamides is 1. The predicted molar refractivity (Wildman–Crippen MR) is 102 cm³/mol. The van der Waals surface area contributed by atoms with Crippen LogP contribution in [0.3, 0.4) is 0 Å². The fourth-order valence-corrected chi connectivity index (χ4v) is 4.77. The highest BCUT2D eigenvalue weighted by Gasteiger charge is 2.35. The zero-order valence-electron chi connectivity index (χ0n) is 16.5. The number of aliphatic hydroxyl groups excluding tert-OH is 1. The maximum atomic E-state index is 13.1. The van der Waals surface area contributed by atoms with Crippen LogP contribution in [0.25, 0.3) is 0 Å². The van der Waals surface area contributed by atoms with Crippen LogP contribution in [-0.4, -0.2) is 83.3 Å². The van der Waals surface area contributed by atoms with E-state index >= 15 is 0 Å². The summed E-state index contributed by atoms with van der Waals surface area (Å²) in [5.74, 6) is -0.184. The number of rotatable bonds is 4. The summed E-state index contributed by atoms with van der Waals surface area (Å²) in [6.07, 6.45) is 2.54. The molecule has 28 heavy (non-hydrogen) atoms. The molecule has 0 aromatic carbocycles. The summed E-state index contributed by atoms with van der Waals surface area (Å²) in [5.41, 5.74) is -1.42. The molecule has 12 heteroatoms. The third kappa shape index (κ3) is 5.28. The fraction of sp³-hybridized carbons (Fsp3) is 0.688. The van der Waals surface area contributed by atoms with Gasteiger partial charge in [-0.3, -0.25) is 14.2 Å². The molecule has 0 spiro atoms. The molecular weight excluding hydrogens is 392 g/mol. The van der Waals surface area contributed by atoms with Crippen molar-refractivity contribution >= 4 is 16.5 Å². The van der Waals surface area contributed by atoms with Crippen molar-refractivity contribution in [3.8, 4) is 0 Å². The van der Waals surface area contributed by atoms with E-state index < -0.39 is 26.2 Å². The molecule has 1 saturated heterocycles. The van der Waals surface area contributed by atoms with Crippen LogP contribution in [0.2, 0.25) is 0 Å². The first kappa shape index (κ1) is 24.0. The average molecular weight is 420 g/mol. The van der Waals surface area contributed by atoms with Gasteiger partial charge in [-0.05, 0) is 32.9 Å². The normalized spacial score (nSPS) is 20.9. The Bertz CT molecular complexity index is 891. The number of likely N-dealkylation sites (N-methyl/N-ethyl adjacent to an activating group) is 1. The van der Waals surface area contributed by atoms with E-state index in [4.69, 9.17) is 9.90 Å². The molecule has 1 aromatic heterocycles. The lowest BCUT2D eigenvalue weighted by Crippen LogP contribution is -2.46. The van der Waals surface area contributed by atoms with Crippen LogP contribution in [0.15, 0.2) is 20.7 Å². The van der Waals surface area contributed by atoms with Crippen molar-refractivity contribution in [1.82, 2.24) is 18.3 Å². The molecular formula is C16H28N4O7S. The Morgan fingerprint density at radius 1 is 1.21 bits per heavy atom. The number of carboxylic acid groups (broad SMARTS) is 1. The zero-order chi connectivity index (χ0) is 21.6. The van der Waals surface area contributed by atoms with Crippen LogP contribution >= 0.6 is 0 Å². The Morgan fingerprint density at radius 2 is 1.79 bits per heavy atom. The van der Waals surface area contributed by atoms with E-state index in [1.165, 1.54) is 18.4 Å². The number of aromatic nitrogens is 2. The van der Waals surface area contributed by atoms with E-state index in [1.54, 1.807) is 0 Å². The van der Waals surface area contributed by atoms with Gasteiger partial charge in [-0.25, -0.2) is 13.2 Å². The SMILES string of the molecule is CN(C)[C@@H]1CC[C@H](CO)CN(S(=O)(=O)c2cn(C)c(=O)n(C)c2=O)C1.O=CO. The Morgan fingerprint density at radius 3 is 2.29 bits per heavy atom. The molecule has 2 atom stereocenters. The third-order valence-electron chi connectivity index (χ3n) is 4.81. The van der Waals surface area contributed by atoms with Crippen molar-refractivity contribution in [3.05, 3.63) is 27.0 Å². The van der Waals surface area contributed by atoms with Gasteiger partial charge in [-0.2, -0.15) is 4.31 Å². The summed E-state index contributed by atoms with van der Waals surface area (Å²) < 4.78 is 29.3. The van der Waals surface area contributed by atoms with Gasteiger partial charge in [0.15, 0.2) is 4.90 Å². The largest absolute Gasteiger partial charge is 0.483 e. The lowest BCUT2D eigenvalue weighted by Gasteiger charge is -2.28. The molecule has 0 saturated carbocycles. The van der Waals surface area contributed by atoms with E-state index in [0.29, 0.717) is 6.42 Å². The lowest BCUT2D eigenvalue weighted by atomic mass is 10.0. The van der Waals surface area contributed by atoms with Gasteiger partial charge in [-0.1, -0.05) is 0 Å². The van der Waals surface area contributed by atoms with Crippen LogP contribution in [-0.2, 0) is 28.9 Å².